The molecule has 1 aromatic carbocycles. The van der Waals surface area contributed by atoms with Crippen molar-refractivity contribution in [3.05, 3.63) is 34.3 Å². The lowest BCUT2D eigenvalue weighted by atomic mass is 9.96. The van der Waals surface area contributed by atoms with Crippen molar-refractivity contribution in [2.75, 3.05) is 0 Å². The molecule has 3 heteroatoms. The monoisotopic (exact) mass is 268 g/mol. The standard InChI is InChI=1S/C12H13BrO2/c1-12(7-10(12)11(14)15)6-8-2-4-9(13)5-3-8/h2-5,10H,6-7H2,1H3,(H,14,15). The molecule has 2 atom stereocenters. The van der Waals surface area contributed by atoms with Crippen molar-refractivity contribution in [1.82, 2.24) is 0 Å². The summed E-state index contributed by atoms with van der Waals surface area (Å²) in [5, 5.41) is 8.90. The smallest absolute Gasteiger partial charge is 0.307 e. The Kier molecular flexibility index (Phi) is 2.59. The van der Waals surface area contributed by atoms with Crippen LogP contribution in [0.3, 0.4) is 0 Å². The van der Waals surface area contributed by atoms with Gasteiger partial charge in [-0.3, -0.25) is 4.79 Å². The highest BCUT2D eigenvalue weighted by atomic mass is 79.9. The highest BCUT2D eigenvalue weighted by molar-refractivity contribution is 9.10. The van der Waals surface area contributed by atoms with Crippen LogP contribution in [0.5, 0.6) is 0 Å². The molecule has 1 aromatic rings. The number of aliphatic carboxylic acids is 1. The number of hydrogen-bond donors (Lipinski definition) is 1. The van der Waals surface area contributed by atoms with Crippen LogP contribution in [-0.4, -0.2) is 11.1 Å². The van der Waals surface area contributed by atoms with Gasteiger partial charge in [-0.05, 0) is 36.0 Å². The minimum Gasteiger partial charge on any atom is -0.481 e. The van der Waals surface area contributed by atoms with E-state index in [0.717, 1.165) is 17.3 Å². The van der Waals surface area contributed by atoms with Crippen molar-refractivity contribution >= 4 is 21.9 Å². The van der Waals surface area contributed by atoms with Gasteiger partial charge in [0.1, 0.15) is 0 Å². The van der Waals surface area contributed by atoms with Gasteiger partial charge in [-0.25, -0.2) is 0 Å². The molecule has 1 saturated carbocycles. The summed E-state index contributed by atoms with van der Waals surface area (Å²) in [7, 11) is 0. The first-order valence-electron chi connectivity index (χ1n) is 4.98. The second-order valence-electron chi connectivity index (χ2n) is 4.55. The average Bonchev–Trinajstić information content (AvgIpc) is 2.83. The van der Waals surface area contributed by atoms with E-state index >= 15 is 0 Å². The van der Waals surface area contributed by atoms with E-state index in [9.17, 15) is 4.79 Å². The van der Waals surface area contributed by atoms with Crippen molar-refractivity contribution in [1.29, 1.82) is 0 Å². The zero-order valence-electron chi connectivity index (χ0n) is 8.53. The normalized spacial score (nSPS) is 28.8. The molecule has 1 aliphatic carbocycles. The summed E-state index contributed by atoms with van der Waals surface area (Å²) >= 11 is 3.38. The largest absolute Gasteiger partial charge is 0.481 e. The van der Waals surface area contributed by atoms with E-state index in [1.54, 1.807) is 0 Å². The topological polar surface area (TPSA) is 37.3 Å². The van der Waals surface area contributed by atoms with Crippen LogP contribution in [0.2, 0.25) is 0 Å². The molecule has 1 N–H and O–H groups in total. The summed E-state index contributed by atoms with van der Waals surface area (Å²) in [4.78, 5) is 10.8. The van der Waals surface area contributed by atoms with Crippen LogP contribution in [0.1, 0.15) is 18.9 Å². The molecule has 1 aliphatic rings. The summed E-state index contributed by atoms with van der Waals surface area (Å²) in [6.07, 6.45) is 1.66. The highest BCUT2D eigenvalue weighted by Crippen LogP contribution is 2.54. The fourth-order valence-electron chi connectivity index (χ4n) is 2.06. The molecule has 0 spiro atoms. The first-order valence-corrected chi connectivity index (χ1v) is 5.78. The Morgan fingerprint density at radius 3 is 2.60 bits per heavy atom. The third-order valence-corrected chi connectivity index (χ3v) is 3.70. The average molecular weight is 269 g/mol. The van der Waals surface area contributed by atoms with Crippen LogP contribution in [0.4, 0.5) is 0 Å². The van der Waals surface area contributed by atoms with Gasteiger partial charge in [0.2, 0.25) is 0 Å². The summed E-state index contributed by atoms with van der Waals surface area (Å²) in [6, 6.07) is 8.09. The number of benzene rings is 1. The lowest BCUT2D eigenvalue weighted by Gasteiger charge is -2.09. The predicted octanol–water partition coefficient (Wildman–Crippen LogP) is 3.10. The molecule has 0 bridgehead atoms. The van der Waals surface area contributed by atoms with Crippen molar-refractivity contribution in [3.8, 4) is 0 Å². The molecule has 0 radical (unpaired) electrons. The Morgan fingerprint density at radius 1 is 1.53 bits per heavy atom. The Balaban J connectivity index is 2.05. The van der Waals surface area contributed by atoms with Crippen molar-refractivity contribution in [2.24, 2.45) is 11.3 Å². The fourth-order valence-corrected chi connectivity index (χ4v) is 2.32. The first kappa shape index (κ1) is 10.7. The molecule has 0 amide bonds. The molecular weight excluding hydrogens is 256 g/mol. The van der Waals surface area contributed by atoms with Gasteiger partial charge in [0.05, 0.1) is 5.92 Å². The first-order chi connectivity index (χ1) is 7.01. The quantitative estimate of drug-likeness (QED) is 0.915. The number of rotatable bonds is 3. The molecule has 2 unspecified atom stereocenters. The number of halogens is 1. The second kappa shape index (κ2) is 3.63. The molecule has 80 valence electrons. The molecule has 0 heterocycles. The van der Waals surface area contributed by atoms with E-state index in [-0.39, 0.29) is 11.3 Å². The minimum atomic E-state index is -0.658. The minimum absolute atomic E-state index is 0.0281. The number of carboxylic acids is 1. The van der Waals surface area contributed by atoms with E-state index in [1.807, 2.05) is 31.2 Å². The van der Waals surface area contributed by atoms with Crippen molar-refractivity contribution in [2.45, 2.75) is 19.8 Å². The highest BCUT2D eigenvalue weighted by Gasteiger charge is 2.54. The summed E-state index contributed by atoms with van der Waals surface area (Å²) < 4.78 is 1.06. The third-order valence-electron chi connectivity index (χ3n) is 3.17. The van der Waals surface area contributed by atoms with E-state index in [0.29, 0.717) is 0 Å². The maximum absolute atomic E-state index is 10.8. The molecule has 0 aliphatic heterocycles. The van der Waals surface area contributed by atoms with Crippen LogP contribution in [0.25, 0.3) is 0 Å². The van der Waals surface area contributed by atoms with Gasteiger partial charge in [0.15, 0.2) is 0 Å². The number of carboxylic acid groups (broad SMARTS) is 1. The summed E-state index contributed by atoms with van der Waals surface area (Å²) in [5.74, 6) is -0.809. The molecule has 0 saturated heterocycles. The lowest BCUT2D eigenvalue weighted by Crippen LogP contribution is -2.09. The molecule has 2 rings (SSSR count). The van der Waals surface area contributed by atoms with E-state index in [2.05, 4.69) is 15.9 Å². The van der Waals surface area contributed by atoms with Gasteiger partial charge in [-0.2, -0.15) is 0 Å². The van der Waals surface area contributed by atoms with Gasteiger partial charge >= 0.3 is 5.97 Å². The summed E-state index contributed by atoms with van der Waals surface area (Å²) in [6.45, 7) is 2.05. The summed E-state index contributed by atoms with van der Waals surface area (Å²) in [5.41, 5.74) is 1.18. The maximum atomic E-state index is 10.8. The molecule has 2 nitrogen and oxygen atoms in total. The zero-order chi connectivity index (χ0) is 11.1. The second-order valence-corrected chi connectivity index (χ2v) is 5.47. The van der Waals surface area contributed by atoms with Crippen molar-refractivity contribution < 1.29 is 9.90 Å². The molecule has 1 fully saturated rings. The molecule has 0 aromatic heterocycles. The van der Waals surface area contributed by atoms with Crippen molar-refractivity contribution in [3.63, 3.8) is 0 Å². The third kappa shape index (κ3) is 2.23. The van der Waals surface area contributed by atoms with Crippen LogP contribution in [0.15, 0.2) is 28.7 Å². The molecule has 15 heavy (non-hydrogen) atoms. The fraction of sp³-hybridized carbons (Fsp3) is 0.417. The number of hydrogen-bond acceptors (Lipinski definition) is 1. The van der Waals surface area contributed by atoms with E-state index in [1.165, 1.54) is 5.56 Å². The van der Waals surface area contributed by atoms with Crippen LogP contribution < -0.4 is 0 Å². The van der Waals surface area contributed by atoms with Crippen LogP contribution in [0, 0.1) is 11.3 Å². The zero-order valence-corrected chi connectivity index (χ0v) is 10.1. The van der Waals surface area contributed by atoms with Gasteiger partial charge in [0, 0.05) is 4.47 Å². The van der Waals surface area contributed by atoms with Gasteiger partial charge in [-0.15, -0.1) is 0 Å². The Hall–Kier alpha value is -0.830. The number of carbonyl (C=O) groups is 1. The Labute approximate surface area is 97.4 Å². The lowest BCUT2D eigenvalue weighted by molar-refractivity contribution is -0.139. The van der Waals surface area contributed by atoms with Crippen LogP contribution >= 0.6 is 15.9 Å². The molecular formula is C12H13BrO2. The maximum Gasteiger partial charge on any atom is 0.307 e. The van der Waals surface area contributed by atoms with E-state index < -0.39 is 5.97 Å². The Bertz CT molecular complexity index is 385. The van der Waals surface area contributed by atoms with E-state index in [4.69, 9.17) is 5.11 Å². The predicted molar refractivity (Wildman–Crippen MR) is 61.7 cm³/mol. The van der Waals surface area contributed by atoms with Gasteiger partial charge in [-0.1, -0.05) is 35.0 Å². The van der Waals surface area contributed by atoms with Gasteiger partial charge in [0.25, 0.3) is 0 Å². The Morgan fingerprint density at radius 2 is 2.13 bits per heavy atom. The van der Waals surface area contributed by atoms with Gasteiger partial charge < -0.3 is 5.11 Å². The van der Waals surface area contributed by atoms with Crippen LogP contribution in [-0.2, 0) is 11.2 Å². The SMILES string of the molecule is CC1(Cc2ccc(Br)cc2)CC1C(=O)O.